The largest absolute Gasteiger partial charge is 0.462 e. The predicted octanol–water partition coefficient (Wildman–Crippen LogP) is 4.61. The summed E-state index contributed by atoms with van der Waals surface area (Å²) in [5.41, 5.74) is 2.26. The fraction of sp³-hybridized carbons (Fsp3) is 0.167. The molecule has 0 saturated heterocycles. The molecule has 128 valence electrons. The second-order valence-corrected chi connectivity index (χ2v) is 7.11. The van der Waals surface area contributed by atoms with Crippen molar-refractivity contribution in [2.45, 2.75) is 13.8 Å². The van der Waals surface area contributed by atoms with Crippen molar-refractivity contribution in [3.63, 3.8) is 0 Å². The SMILES string of the molecule is CCOC(=O)c1sc(-c2ccc(NC(=O)c3cccs3)cc2)nc1C. The lowest BCUT2D eigenvalue weighted by Crippen LogP contribution is -2.09. The molecular formula is C18H16N2O3S2. The lowest BCUT2D eigenvalue weighted by atomic mass is 10.2. The van der Waals surface area contributed by atoms with E-state index in [9.17, 15) is 9.59 Å². The Kier molecular flexibility index (Phi) is 5.25. The first-order valence-corrected chi connectivity index (χ1v) is 9.38. The number of esters is 1. The van der Waals surface area contributed by atoms with Gasteiger partial charge in [-0.05, 0) is 49.6 Å². The van der Waals surface area contributed by atoms with Crippen molar-refractivity contribution in [1.82, 2.24) is 4.98 Å². The van der Waals surface area contributed by atoms with Crippen molar-refractivity contribution in [2.75, 3.05) is 11.9 Å². The summed E-state index contributed by atoms with van der Waals surface area (Å²) in [6.45, 7) is 3.91. The molecular weight excluding hydrogens is 356 g/mol. The number of amides is 1. The highest BCUT2D eigenvalue weighted by molar-refractivity contribution is 7.17. The third kappa shape index (κ3) is 3.94. The van der Waals surface area contributed by atoms with Crippen LogP contribution >= 0.6 is 22.7 Å². The van der Waals surface area contributed by atoms with Crippen LogP contribution in [0.2, 0.25) is 0 Å². The molecule has 3 aromatic rings. The number of hydrogen-bond acceptors (Lipinski definition) is 6. The summed E-state index contributed by atoms with van der Waals surface area (Å²) in [4.78, 5) is 29.6. The third-order valence-corrected chi connectivity index (χ3v) is 5.45. The number of aryl methyl sites for hydroxylation is 1. The fourth-order valence-corrected chi connectivity index (χ4v) is 3.79. The van der Waals surface area contributed by atoms with Crippen molar-refractivity contribution < 1.29 is 14.3 Å². The number of thiazole rings is 1. The molecule has 0 bridgehead atoms. The second-order valence-electron chi connectivity index (χ2n) is 5.16. The Balaban J connectivity index is 1.75. The molecule has 3 rings (SSSR count). The van der Waals surface area contributed by atoms with E-state index in [1.807, 2.05) is 35.7 Å². The topological polar surface area (TPSA) is 68.3 Å². The Labute approximate surface area is 153 Å². The van der Waals surface area contributed by atoms with Gasteiger partial charge in [-0.3, -0.25) is 4.79 Å². The molecule has 0 radical (unpaired) electrons. The van der Waals surface area contributed by atoms with E-state index in [0.717, 1.165) is 10.6 Å². The van der Waals surface area contributed by atoms with Gasteiger partial charge in [0.25, 0.3) is 5.91 Å². The number of aromatic nitrogens is 1. The zero-order valence-electron chi connectivity index (χ0n) is 13.7. The average Bonchev–Trinajstić information content (AvgIpc) is 3.25. The van der Waals surface area contributed by atoms with Crippen LogP contribution in [0.3, 0.4) is 0 Å². The Morgan fingerprint density at radius 2 is 1.96 bits per heavy atom. The number of carbonyl (C=O) groups excluding carboxylic acids is 2. The van der Waals surface area contributed by atoms with Gasteiger partial charge in [0, 0.05) is 11.3 Å². The smallest absolute Gasteiger partial charge is 0.350 e. The van der Waals surface area contributed by atoms with Crippen molar-refractivity contribution in [3.8, 4) is 10.6 Å². The molecule has 0 atom stereocenters. The summed E-state index contributed by atoms with van der Waals surface area (Å²) in [5, 5.41) is 5.47. The normalized spacial score (nSPS) is 10.5. The van der Waals surface area contributed by atoms with E-state index >= 15 is 0 Å². The number of benzene rings is 1. The maximum absolute atomic E-state index is 12.1. The quantitative estimate of drug-likeness (QED) is 0.664. The first-order valence-electron chi connectivity index (χ1n) is 7.68. The minimum absolute atomic E-state index is 0.127. The van der Waals surface area contributed by atoms with E-state index in [0.29, 0.717) is 27.7 Å². The molecule has 0 aliphatic rings. The number of nitrogens with one attached hydrogen (secondary N) is 1. The van der Waals surface area contributed by atoms with Crippen molar-refractivity contribution in [1.29, 1.82) is 0 Å². The predicted molar refractivity (Wildman–Crippen MR) is 101 cm³/mol. The van der Waals surface area contributed by atoms with Gasteiger partial charge >= 0.3 is 5.97 Å². The number of ether oxygens (including phenoxy) is 1. The maximum atomic E-state index is 12.1. The molecule has 1 aromatic carbocycles. The highest BCUT2D eigenvalue weighted by Gasteiger charge is 2.17. The summed E-state index contributed by atoms with van der Waals surface area (Å²) in [6, 6.07) is 11.0. The van der Waals surface area contributed by atoms with Crippen LogP contribution in [0.15, 0.2) is 41.8 Å². The minimum Gasteiger partial charge on any atom is -0.462 e. The molecule has 0 unspecified atom stereocenters. The summed E-state index contributed by atoms with van der Waals surface area (Å²) in [5.74, 6) is -0.471. The lowest BCUT2D eigenvalue weighted by Gasteiger charge is -2.04. The highest BCUT2D eigenvalue weighted by Crippen LogP contribution is 2.29. The van der Waals surface area contributed by atoms with Gasteiger partial charge in [0.1, 0.15) is 9.88 Å². The average molecular weight is 372 g/mol. The summed E-state index contributed by atoms with van der Waals surface area (Å²) in [7, 11) is 0. The zero-order chi connectivity index (χ0) is 17.8. The van der Waals surface area contributed by atoms with E-state index in [1.165, 1.54) is 22.7 Å². The van der Waals surface area contributed by atoms with Gasteiger partial charge < -0.3 is 10.1 Å². The molecule has 0 fully saturated rings. The van der Waals surface area contributed by atoms with Crippen molar-refractivity contribution in [2.24, 2.45) is 0 Å². The fourth-order valence-electron chi connectivity index (χ4n) is 2.20. The standard InChI is InChI=1S/C18H16N2O3S2/c1-3-23-18(22)15-11(2)19-17(25-15)12-6-8-13(9-7-12)20-16(21)14-5-4-10-24-14/h4-10H,3H2,1-2H3,(H,20,21). The van der Waals surface area contributed by atoms with Gasteiger partial charge in [-0.1, -0.05) is 6.07 Å². The number of thiophene rings is 1. The molecule has 1 amide bonds. The minimum atomic E-state index is -0.344. The van der Waals surface area contributed by atoms with Gasteiger partial charge in [0.15, 0.2) is 0 Å². The number of rotatable bonds is 5. The second kappa shape index (κ2) is 7.58. The number of nitrogens with zero attached hydrogens (tertiary/aromatic N) is 1. The van der Waals surface area contributed by atoms with Crippen molar-refractivity contribution in [3.05, 3.63) is 57.2 Å². The first-order chi connectivity index (χ1) is 12.1. The highest BCUT2D eigenvalue weighted by atomic mass is 32.1. The molecule has 0 aliphatic heterocycles. The Bertz CT molecular complexity index is 884. The Morgan fingerprint density at radius 1 is 1.20 bits per heavy atom. The van der Waals surface area contributed by atoms with Gasteiger partial charge in [-0.25, -0.2) is 9.78 Å². The van der Waals surface area contributed by atoms with Gasteiger partial charge in [-0.2, -0.15) is 0 Å². The Morgan fingerprint density at radius 3 is 2.60 bits per heavy atom. The van der Waals surface area contributed by atoms with E-state index < -0.39 is 0 Å². The van der Waals surface area contributed by atoms with Crippen LogP contribution in [-0.2, 0) is 4.74 Å². The van der Waals surface area contributed by atoms with E-state index in [-0.39, 0.29) is 11.9 Å². The Hall–Kier alpha value is -2.51. The molecule has 0 aliphatic carbocycles. The van der Waals surface area contributed by atoms with E-state index in [4.69, 9.17) is 4.74 Å². The van der Waals surface area contributed by atoms with Crippen LogP contribution < -0.4 is 5.32 Å². The first kappa shape index (κ1) is 17.3. The molecule has 1 N–H and O–H groups in total. The lowest BCUT2D eigenvalue weighted by molar-refractivity contribution is 0.0531. The van der Waals surface area contributed by atoms with Gasteiger partial charge in [-0.15, -0.1) is 22.7 Å². The number of anilines is 1. The molecule has 25 heavy (non-hydrogen) atoms. The van der Waals surface area contributed by atoms with Crippen LogP contribution in [0.4, 0.5) is 5.69 Å². The molecule has 7 heteroatoms. The van der Waals surface area contributed by atoms with Crippen LogP contribution in [0.25, 0.3) is 10.6 Å². The van der Waals surface area contributed by atoms with Gasteiger partial charge in [0.2, 0.25) is 0 Å². The molecule has 2 heterocycles. The van der Waals surface area contributed by atoms with Crippen LogP contribution in [0, 0.1) is 6.92 Å². The number of hydrogen-bond donors (Lipinski definition) is 1. The van der Waals surface area contributed by atoms with Crippen LogP contribution in [0.1, 0.15) is 32.0 Å². The monoisotopic (exact) mass is 372 g/mol. The third-order valence-electron chi connectivity index (χ3n) is 3.39. The number of carbonyl (C=O) groups is 2. The summed E-state index contributed by atoms with van der Waals surface area (Å²) < 4.78 is 5.04. The summed E-state index contributed by atoms with van der Waals surface area (Å²) >= 11 is 2.70. The molecule has 5 nitrogen and oxygen atoms in total. The van der Waals surface area contributed by atoms with E-state index in [2.05, 4.69) is 10.3 Å². The van der Waals surface area contributed by atoms with Crippen LogP contribution in [-0.4, -0.2) is 23.5 Å². The molecule has 0 spiro atoms. The van der Waals surface area contributed by atoms with Crippen molar-refractivity contribution >= 4 is 40.2 Å². The molecule has 2 aromatic heterocycles. The maximum Gasteiger partial charge on any atom is 0.350 e. The van der Waals surface area contributed by atoms with Gasteiger partial charge in [0.05, 0.1) is 17.2 Å². The summed E-state index contributed by atoms with van der Waals surface area (Å²) in [6.07, 6.45) is 0. The van der Waals surface area contributed by atoms with Crippen LogP contribution in [0.5, 0.6) is 0 Å². The zero-order valence-corrected chi connectivity index (χ0v) is 15.4. The van der Waals surface area contributed by atoms with E-state index in [1.54, 1.807) is 19.9 Å². The molecule has 0 saturated carbocycles.